The molecular formula is C25H32N6O. The van der Waals surface area contributed by atoms with Crippen LogP contribution in [-0.4, -0.2) is 54.0 Å². The molecule has 4 rings (SSSR count). The van der Waals surface area contributed by atoms with Gasteiger partial charge in [0.1, 0.15) is 0 Å². The molecule has 1 aliphatic rings. The highest BCUT2D eigenvalue weighted by molar-refractivity contribution is 5.79. The molecule has 168 valence electrons. The molecule has 2 N–H and O–H groups in total. The Morgan fingerprint density at radius 1 is 0.906 bits per heavy atom. The zero-order valence-electron chi connectivity index (χ0n) is 18.7. The quantitative estimate of drug-likeness (QED) is 0.423. The smallest absolute Gasteiger partial charge is 0.191 e. The second-order valence-electron chi connectivity index (χ2n) is 7.97. The van der Waals surface area contributed by atoms with E-state index in [0.717, 1.165) is 57.5 Å². The van der Waals surface area contributed by atoms with Gasteiger partial charge in [0.25, 0.3) is 0 Å². The number of nitrogens with zero attached hydrogens (tertiary/aromatic N) is 4. The normalized spacial score (nSPS) is 15.0. The first-order valence-electron chi connectivity index (χ1n) is 11.2. The van der Waals surface area contributed by atoms with Gasteiger partial charge < -0.3 is 15.4 Å². The van der Waals surface area contributed by atoms with E-state index < -0.39 is 0 Å². The van der Waals surface area contributed by atoms with E-state index in [1.165, 1.54) is 16.7 Å². The number of ether oxygens (including phenoxy) is 1. The Kier molecular flexibility index (Phi) is 7.89. The third kappa shape index (κ3) is 6.42. The van der Waals surface area contributed by atoms with Crippen LogP contribution in [0.2, 0.25) is 0 Å². The van der Waals surface area contributed by atoms with Gasteiger partial charge in [-0.15, -0.1) is 0 Å². The Morgan fingerprint density at radius 2 is 1.62 bits per heavy atom. The lowest BCUT2D eigenvalue weighted by Gasteiger charge is -2.27. The molecule has 1 saturated heterocycles. The van der Waals surface area contributed by atoms with E-state index >= 15 is 0 Å². The standard InChI is InChI=1S/C25H32N6O/c1-26-25(27-15-22-16-29-31(19-22)18-21-7-3-2-4-8-21)28-17-23-9-5-6-10-24(23)20-30-11-13-32-14-12-30/h2-10,16,19H,11-15,17-18,20H2,1H3,(H2,26,27,28). The molecule has 0 aliphatic carbocycles. The third-order valence-electron chi connectivity index (χ3n) is 5.62. The van der Waals surface area contributed by atoms with Crippen molar-refractivity contribution >= 4 is 5.96 Å². The third-order valence-corrected chi connectivity index (χ3v) is 5.62. The Balaban J connectivity index is 1.28. The Bertz CT molecular complexity index is 994. The SMILES string of the molecule is CN=C(NCc1cnn(Cc2ccccc2)c1)NCc1ccccc1CN1CCOCC1. The summed E-state index contributed by atoms with van der Waals surface area (Å²) >= 11 is 0. The number of guanidine groups is 1. The molecule has 0 radical (unpaired) electrons. The van der Waals surface area contributed by atoms with Crippen molar-refractivity contribution < 1.29 is 4.74 Å². The molecule has 3 aromatic rings. The van der Waals surface area contributed by atoms with E-state index in [1.54, 1.807) is 7.05 Å². The monoisotopic (exact) mass is 432 g/mol. The topological polar surface area (TPSA) is 66.7 Å². The van der Waals surface area contributed by atoms with Crippen LogP contribution in [0.25, 0.3) is 0 Å². The van der Waals surface area contributed by atoms with Crippen molar-refractivity contribution in [3.8, 4) is 0 Å². The highest BCUT2D eigenvalue weighted by Crippen LogP contribution is 2.13. The Hall–Kier alpha value is -3.16. The average Bonchev–Trinajstić information content (AvgIpc) is 3.28. The largest absolute Gasteiger partial charge is 0.379 e. The van der Waals surface area contributed by atoms with Crippen LogP contribution in [0.4, 0.5) is 0 Å². The first kappa shape index (κ1) is 22.0. The van der Waals surface area contributed by atoms with E-state index in [1.807, 2.05) is 16.9 Å². The van der Waals surface area contributed by atoms with Crippen LogP contribution < -0.4 is 10.6 Å². The highest BCUT2D eigenvalue weighted by atomic mass is 16.5. The van der Waals surface area contributed by atoms with Gasteiger partial charge in [-0.1, -0.05) is 54.6 Å². The fourth-order valence-electron chi connectivity index (χ4n) is 3.82. The molecule has 7 heteroatoms. The number of aliphatic imine (C=N–C) groups is 1. The number of rotatable bonds is 8. The summed E-state index contributed by atoms with van der Waals surface area (Å²) < 4.78 is 7.43. The van der Waals surface area contributed by atoms with Crippen LogP contribution in [0, 0.1) is 0 Å². The van der Waals surface area contributed by atoms with Crippen molar-refractivity contribution in [2.45, 2.75) is 26.2 Å². The number of aromatic nitrogens is 2. The van der Waals surface area contributed by atoms with Gasteiger partial charge >= 0.3 is 0 Å². The number of hydrogen-bond donors (Lipinski definition) is 2. The lowest BCUT2D eigenvalue weighted by Crippen LogP contribution is -2.37. The first-order valence-corrected chi connectivity index (χ1v) is 11.2. The van der Waals surface area contributed by atoms with Gasteiger partial charge in [-0.05, 0) is 16.7 Å². The lowest BCUT2D eigenvalue weighted by molar-refractivity contribution is 0.0341. The van der Waals surface area contributed by atoms with Crippen LogP contribution in [0.5, 0.6) is 0 Å². The Labute approximate surface area is 190 Å². The number of nitrogens with one attached hydrogen (secondary N) is 2. The van der Waals surface area contributed by atoms with Gasteiger partial charge in [-0.2, -0.15) is 5.10 Å². The van der Waals surface area contributed by atoms with Crippen molar-refractivity contribution in [1.82, 2.24) is 25.3 Å². The molecule has 1 aliphatic heterocycles. The van der Waals surface area contributed by atoms with Crippen LogP contribution >= 0.6 is 0 Å². The van der Waals surface area contributed by atoms with Crippen LogP contribution in [0.3, 0.4) is 0 Å². The predicted molar refractivity (Wildman–Crippen MR) is 127 cm³/mol. The summed E-state index contributed by atoms with van der Waals surface area (Å²) in [6, 6.07) is 19.0. The van der Waals surface area contributed by atoms with Gasteiger partial charge in [-0.3, -0.25) is 14.6 Å². The maximum absolute atomic E-state index is 5.47. The van der Waals surface area contributed by atoms with E-state index in [9.17, 15) is 0 Å². The maximum atomic E-state index is 5.47. The summed E-state index contributed by atoms with van der Waals surface area (Å²) in [6.07, 6.45) is 3.98. The maximum Gasteiger partial charge on any atom is 0.191 e. The highest BCUT2D eigenvalue weighted by Gasteiger charge is 2.13. The number of morpholine rings is 1. The molecule has 2 aromatic carbocycles. The summed E-state index contributed by atoms with van der Waals surface area (Å²) in [6.45, 7) is 6.74. The molecule has 32 heavy (non-hydrogen) atoms. The minimum absolute atomic E-state index is 0.671. The number of benzene rings is 2. The molecule has 1 aromatic heterocycles. The summed E-state index contributed by atoms with van der Waals surface area (Å²) in [5.41, 5.74) is 5.00. The minimum Gasteiger partial charge on any atom is -0.379 e. The molecule has 0 spiro atoms. The van der Waals surface area contributed by atoms with Gasteiger partial charge in [-0.25, -0.2) is 0 Å². The van der Waals surface area contributed by atoms with Crippen molar-refractivity contribution in [2.24, 2.45) is 4.99 Å². The average molecular weight is 433 g/mol. The van der Waals surface area contributed by atoms with Crippen molar-refractivity contribution in [2.75, 3.05) is 33.4 Å². The van der Waals surface area contributed by atoms with Crippen molar-refractivity contribution in [3.05, 3.63) is 89.2 Å². The van der Waals surface area contributed by atoms with Crippen LogP contribution in [0.15, 0.2) is 72.0 Å². The minimum atomic E-state index is 0.671. The summed E-state index contributed by atoms with van der Waals surface area (Å²) in [4.78, 5) is 6.83. The Morgan fingerprint density at radius 3 is 2.41 bits per heavy atom. The molecule has 0 amide bonds. The molecular weight excluding hydrogens is 400 g/mol. The van der Waals surface area contributed by atoms with Gasteiger partial charge in [0, 0.05) is 51.5 Å². The molecule has 0 bridgehead atoms. The van der Waals surface area contributed by atoms with Gasteiger partial charge in [0.2, 0.25) is 0 Å². The number of hydrogen-bond acceptors (Lipinski definition) is 4. The second kappa shape index (κ2) is 11.5. The van der Waals surface area contributed by atoms with Gasteiger partial charge in [0.15, 0.2) is 5.96 Å². The fourth-order valence-corrected chi connectivity index (χ4v) is 3.82. The van der Waals surface area contributed by atoms with Crippen molar-refractivity contribution in [3.63, 3.8) is 0 Å². The molecule has 2 heterocycles. The summed E-state index contributed by atoms with van der Waals surface area (Å²) in [5, 5.41) is 11.3. The summed E-state index contributed by atoms with van der Waals surface area (Å²) in [7, 11) is 1.80. The molecule has 7 nitrogen and oxygen atoms in total. The predicted octanol–water partition coefficient (Wildman–Crippen LogP) is 2.63. The van der Waals surface area contributed by atoms with Crippen molar-refractivity contribution in [1.29, 1.82) is 0 Å². The zero-order valence-corrected chi connectivity index (χ0v) is 18.7. The first-order chi connectivity index (χ1) is 15.8. The van der Waals surface area contributed by atoms with Crippen LogP contribution in [-0.2, 0) is 30.9 Å². The molecule has 1 fully saturated rings. The zero-order chi connectivity index (χ0) is 22.0. The van der Waals surface area contributed by atoms with E-state index in [-0.39, 0.29) is 0 Å². The van der Waals surface area contributed by atoms with E-state index in [4.69, 9.17) is 4.74 Å². The molecule has 0 saturated carbocycles. The van der Waals surface area contributed by atoms with E-state index in [0.29, 0.717) is 6.54 Å². The fraction of sp³-hybridized carbons (Fsp3) is 0.360. The molecule has 0 atom stereocenters. The lowest BCUT2D eigenvalue weighted by atomic mass is 10.1. The van der Waals surface area contributed by atoms with Gasteiger partial charge in [0.05, 0.1) is 26.0 Å². The van der Waals surface area contributed by atoms with Crippen LogP contribution in [0.1, 0.15) is 22.3 Å². The summed E-state index contributed by atoms with van der Waals surface area (Å²) in [5.74, 6) is 0.780. The van der Waals surface area contributed by atoms with E-state index in [2.05, 4.69) is 80.4 Å². The second-order valence-corrected chi connectivity index (χ2v) is 7.97. The molecule has 0 unspecified atom stereocenters.